The fourth-order valence-corrected chi connectivity index (χ4v) is 10.8. The van der Waals surface area contributed by atoms with Gasteiger partial charge < -0.3 is 78.7 Å². The van der Waals surface area contributed by atoms with Gasteiger partial charge in [0.25, 0.3) is 5.91 Å². The molecule has 2 heterocycles. The summed E-state index contributed by atoms with van der Waals surface area (Å²) in [5.74, 6) is -5.58. The van der Waals surface area contributed by atoms with E-state index in [1.807, 2.05) is 54.7 Å². The minimum atomic E-state index is -1.53. The van der Waals surface area contributed by atoms with Gasteiger partial charge in [0.15, 0.2) is 0 Å². The van der Waals surface area contributed by atoms with E-state index in [4.69, 9.17) is 61.1 Å². The first-order chi connectivity index (χ1) is 38.7. The molecule has 0 bridgehead atoms. The smallest absolute Gasteiger partial charge is 0.287 e. The first kappa shape index (κ1) is 74.3. The second-order valence-corrected chi connectivity index (χ2v) is 25.7. The number of ketones is 1. The summed E-state index contributed by atoms with van der Waals surface area (Å²) >= 11 is 31.4. The third-order valence-electron chi connectivity index (χ3n) is 13.4. The molecule has 466 valence electrons. The summed E-state index contributed by atoms with van der Waals surface area (Å²) in [7, 11) is 3.51. The molecule has 83 heavy (non-hydrogen) atoms. The molecule has 0 saturated heterocycles. The quantitative estimate of drug-likeness (QED) is 0.0472. The summed E-state index contributed by atoms with van der Waals surface area (Å²) in [5, 5.41) is 47.9. The van der Waals surface area contributed by atoms with Gasteiger partial charge in [-0.05, 0) is 82.6 Å². The van der Waals surface area contributed by atoms with Crippen LogP contribution in [-0.2, 0) is 38.4 Å². The summed E-state index contributed by atoms with van der Waals surface area (Å²) in [5.41, 5.74) is 0.359. The van der Waals surface area contributed by atoms with Gasteiger partial charge in [0.1, 0.15) is 42.4 Å². The zero-order valence-corrected chi connectivity index (χ0v) is 55.8. The third kappa shape index (κ3) is 24.6. The second kappa shape index (κ2) is 36.2. The maximum atomic E-state index is 14.2. The Morgan fingerprint density at radius 1 is 0.723 bits per heavy atom. The minimum Gasteiger partial charge on any atom is -0.384 e. The number of carbonyl (C=O) groups excluding carboxylic acids is 8. The Labute approximate surface area is 525 Å². The third-order valence-corrected chi connectivity index (χ3v) is 17.1. The van der Waals surface area contributed by atoms with Crippen molar-refractivity contribution in [2.45, 2.75) is 175 Å². The van der Waals surface area contributed by atoms with E-state index in [-0.39, 0.29) is 29.0 Å². The average Bonchev–Trinajstić information content (AvgIpc) is 3.78. The highest BCUT2D eigenvalue weighted by Crippen LogP contribution is 2.20. The molecular weight excluding hydrogens is 1200 g/mol. The van der Waals surface area contributed by atoms with Crippen molar-refractivity contribution in [2.75, 3.05) is 38.5 Å². The number of nitrogens with one attached hydrogen (secondary N) is 12. The van der Waals surface area contributed by atoms with E-state index in [0.717, 1.165) is 17.5 Å². The van der Waals surface area contributed by atoms with Crippen LogP contribution in [0.15, 0.2) is 23.5 Å². The van der Waals surface area contributed by atoms with Crippen LogP contribution in [0, 0.1) is 17.8 Å². The molecule has 13 N–H and O–H groups in total. The number of thioether (sulfide) groups is 2. The number of thiocarbonyl (C=S) groups is 5. The Hall–Kier alpha value is -4.85. The number of hydrogen-bond acceptors (Lipinski definition) is 18. The van der Waals surface area contributed by atoms with Gasteiger partial charge in [0.05, 0.1) is 67.5 Å². The van der Waals surface area contributed by atoms with Crippen LogP contribution >= 0.6 is 84.6 Å². The van der Waals surface area contributed by atoms with Gasteiger partial charge in [-0.15, -0.1) is 11.8 Å². The van der Waals surface area contributed by atoms with Crippen LogP contribution in [0.25, 0.3) is 0 Å². The summed E-state index contributed by atoms with van der Waals surface area (Å²) in [6.07, 6.45) is 4.59. The molecule has 2 aliphatic rings. The van der Waals surface area contributed by atoms with E-state index < -0.39 is 126 Å². The maximum Gasteiger partial charge on any atom is 0.287 e. The molecule has 8 unspecified atom stereocenters. The van der Waals surface area contributed by atoms with Crippen molar-refractivity contribution in [3.63, 3.8) is 0 Å². The summed E-state index contributed by atoms with van der Waals surface area (Å²) < 4.78 is 0. The number of nitrogens with zero attached hydrogens (tertiary/aromatic N) is 2. The van der Waals surface area contributed by atoms with Crippen LogP contribution in [0.2, 0.25) is 0 Å². The van der Waals surface area contributed by atoms with E-state index in [1.165, 1.54) is 25.5 Å². The van der Waals surface area contributed by atoms with Crippen LogP contribution in [-0.4, -0.2) is 198 Å². The molecule has 0 aromatic heterocycles. The molecule has 2 rings (SSSR count). The molecule has 0 fully saturated rings. The topological polar surface area (TPSA) is 308 Å². The lowest BCUT2D eigenvalue weighted by molar-refractivity contribution is -0.137. The van der Waals surface area contributed by atoms with E-state index in [0.29, 0.717) is 45.2 Å². The van der Waals surface area contributed by atoms with Crippen LogP contribution in [0.5, 0.6) is 0 Å². The van der Waals surface area contributed by atoms with Crippen molar-refractivity contribution in [1.29, 1.82) is 0 Å². The Morgan fingerprint density at radius 2 is 1.28 bits per heavy atom. The van der Waals surface area contributed by atoms with Crippen molar-refractivity contribution < 1.29 is 43.5 Å². The molecule has 0 radical (unpaired) electrons. The van der Waals surface area contributed by atoms with E-state index in [1.54, 1.807) is 62.6 Å². The van der Waals surface area contributed by atoms with Gasteiger partial charge in [-0.1, -0.05) is 109 Å². The number of rotatable bonds is 24. The highest BCUT2D eigenvalue weighted by Gasteiger charge is 2.38. The van der Waals surface area contributed by atoms with Crippen molar-refractivity contribution in [3.05, 3.63) is 23.5 Å². The van der Waals surface area contributed by atoms with Crippen molar-refractivity contribution >= 4 is 157 Å². The van der Waals surface area contributed by atoms with Gasteiger partial charge in [0.2, 0.25) is 41.2 Å². The Bertz CT molecular complexity index is 2440. The highest BCUT2D eigenvalue weighted by molar-refractivity contribution is 8.02. The van der Waals surface area contributed by atoms with E-state index in [9.17, 15) is 43.5 Å². The molecule has 0 spiro atoms. The summed E-state index contributed by atoms with van der Waals surface area (Å²) in [4.78, 5) is 113. The molecule has 30 heteroatoms. The number of likely N-dealkylation sites (N-methyl/N-ethyl adjacent to an activating group) is 1. The highest BCUT2D eigenvalue weighted by atomic mass is 32.2. The van der Waals surface area contributed by atoms with Crippen molar-refractivity contribution in [3.8, 4) is 0 Å². The zero-order chi connectivity index (χ0) is 63.2. The minimum absolute atomic E-state index is 0.0935. The number of aliphatic hydroxyl groups excluding tert-OH is 1. The van der Waals surface area contributed by atoms with Gasteiger partial charge >= 0.3 is 0 Å². The molecule has 0 saturated carbocycles. The molecule has 13 atom stereocenters. The molecule has 0 aromatic rings. The lowest BCUT2D eigenvalue weighted by atomic mass is 9.97. The molecule has 0 aromatic carbocycles. The first-order valence-electron chi connectivity index (χ1n) is 27.5. The fourth-order valence-electron chi connectivity index (χ4n) is 8.14. The van der Waals surface area contributed by atoms with Crippen molar-refractivity contribution in [1.82, 2.24) is 73.6 Å². The number of Topliss-reactive ketones (excluding diaryl/α,β-unsaturated/α-hetero) is 1. The number of hydrogen-bond donors (Lipinski definition) is 13. The standard InChI is InChI=1S/C53H88N14O9S7/c1-16-27(6)39-48(76)55-28(7)42(70)60-35(21-25(2)3)45(73)65-40(41(69)37-22-66(13)24-67(37)14)47(75)54-18-20-83-23-36(46(74)64-39)61-43(71)29(8)56-49(77)30(9)57-50(78)31(10)58-51(79)32(11)59-52(80)34(17-19-82-15)62-53(81)38(26(4)5)63-44(72)33(12)68/h18,20,22,25-32,34-36,38-41,69H,16-17,19,21,23-24H2,1-15H3,(H,54,75)(H,55,76)(H,56,77)(H,57,78)(H,58,79)(H,59,80)(H,60,70)(H,61,71)(H,62,81)(H,63,72)(H,64,74)(H,65,73)/b20-18+/t27-,28?,29?,30?,31?,32?,34+,35+,36?,38+,39-,40?,41?/m1/s1. The average molecular weight is 1290 g/mol. The van der Waals surface area contributed by atoms with E-state index >= 15 is 0 Å². The molecule has 0 aliphatic carbocycles. The Balaban J connectivity index is 2.27. The van der Waals surface area contributed by atoms with Crippen LogP contribution in [0.1, 0.15) is 102 Å². The molecule has 2 aliphatic heterocycles. The largest absolute Gasteiger partial charge is 0.384 e. The summed E-state index contributed by atoms with van der Waals surface area (Å²) in [6, 6.07) is -9.85. The van der Waals surface area contributed by atoms with Crippen molar-refractivity contribution in [2.24, 2.45) is 17.8 Å². The molecular formula is C53H88N14O9S7. The predicted molar refractivity (Wildman–Crippen MR) is 349 cm³/mol. The number of amides is 7. The SMILES string of the molecule is CC[C@@H](C)[C@H]1NC(=O)C(NC(=O)C(C)NC(=S)C(C)NC(=S)C(C)NC(=S)C(C)NC(=S)[C@H](CCSC)NC(=S)[C@@H](NC(=O)C(C)=O)C(C)C)CS/C=C/NC(=O)C(C(O)C2=CN(C)CN2C)NC(=O)[C@H](CC(C)C)NC(=O)C(C)NC1=O. The fraction of sp³-hybridized carbons (Fsp3) is 0.679. The van der Waals surface area contributed by atoms with Crippen LogP contribution < -0.4 is 63.8 Å². The normalized spacial score (nSPS) is 22.7. The predicted octanol–water partition coefficient (Wildman–Crippen LogP) is 0.884. The maximum absolute atomic E-state index is 14.2. The second-order valence-electron chi connectivity index (χ2n) is 21.6. The Morgan fingerprint density at radius 3 is 1.78 bits per heavy atom. The van der Waals surface area contributed by atoms with Gasteiger partial charge in [-0.25, -0.2) is 0 Å². The van der Waals surface area contributed by atoms with Crippen LogP contribution in [0.4, 0.5) is 0 Å². The van der Waals surface area contributed by atoms with E-state index in [2.05, 4.69) is 63.8 Å². The molecule has 7 amide bonds. The lowest BCUT2D eigenvalue weighted by Crippen LogP contribution is -2.61. The van der Waals surface area contributed by atoms with Gasteiger partial charge in [-0.2, -0.15) is 11.8 Å². The zero-order valence-electron chi connectivity index (χ0n) is 50.1. The monoisotopic (exact) mass is 1290 g/mol. The summed E-state index contributed by atoms with van der Waals surface area (Å²) in [6.45, 7) is 21.0. The first-order valence-corrected chi connectivity index (χ1v) is 31.9. The molecule has 23 nitrogen and oxygen atoms in total. The lowest BCUT2D eigenvalue weighted by Gasteiger charge is -2.30. The van der Waals surface area contributed by atoms with Gasteiger partial charge in [-0.3, -0.25) is 38.4 Å². The number of carbonyl (C=O) groups is 8. The van der Waals surface area contributed by atoms with Gasteiger partial charge in [0, 0.05) is 39.2 Å². The number of aliphatic hydroxyl groups is 1. The van der Waals surface area contributed by atoms with Crippen LogP contribution in [0.3, 0.4) is 0 Å². The Kier molecular flexibility index (Phi) is 32.4.